The topological polar surface area (TPSA) is 55.3 Å². The smallest absolute Gasteiger partial charge is 0.257 e. The average molecular weight is 391 g/mol. The molecule has 148 valence electrons. The van der Waals surface area contributed by atoms with Crippen LogP contribution in [0.15, 0.2) is 60.8 Å². The first-order chi connectivity index (χ1) is 14.1. The molecule has 3 aromatic rings. The number of aromatic nitrogens is 2. The molecule has 0 aliphatic carbocycles. The van der Waals surface area contributed by atoms with Gasteiger partial charge in [0.05, 0.1) is 11.3 Å². The van der Waals surface area contributed by atoms with Crippen LogP contribution in [0.1, 0.15) is 28.9 Å². The van der Waals surface area contributed by atoms with Gasteiger partial charge in [0, 0.05) is 37.7 Å². The predicted octanol–water partition coefficient (Wildman–Crippen LogP) is 4.27. The second-order valence-corrected chi connectivity index (χ2v) is 7.12. The molecular weight excluding hydrogens is 369 g/mol. The van der Waals surface area contributed by atoms with E-state index >= 15 is 0 Å². The molecular formula is C23H22FN3O2. The van der Waals surface area contributed by atoms with Crippen molar-refractivity contribution in [2.45, 2.75) is 25.9 Å². The molecule has 1 aliphatic heterocycles. The van der Waals surface area contributed by atoms with E-state index in [0.717, 1.165) is 18.4 Å². The third kappa shape index (κ3) is 4.42. The highest BCUT2D eigenvalue weighted by Gasteiger charge is 2.26. The van der Waals surface area contributed by atoms with E-state index in [9.17, 15) is 9.18 Å². The Morgan fingerprint density at radius 1 is 1.07 bits per heavy atom. The lowest BCUT2D eigenvalue weighted by molar-refractivity contribution is 0.0594. The Morgan fingerprint density at radius 2 is 1.76 bits per heavy atom. The van der Waals surface area contributed by atoms with Crippen LogP contribution < -0.4 is 4.74 Å². The molecule has 1 aliphatic rings. The molecule has 1 saturated heterocycles. The van der Waals surface area contributed by atoms with Crippen molar-refractivity contribution in [2.24, 2.45) is 0 Å². The average Bonchev–Trinajstić information content (AvgIpc) is 2.76. The minimum atomic E-state index is -0.284. The molecule has 2 heterocycles. The second kappa shape index (κ2) is 8.39. The number of hydrogen-bond acceptors (Lipinski definition) is 4. The van der Waals surface area contributed by atoms with Crippen molar-refractivity contribution in [3.05, 3.63) is 77.9 Å². The van der Waals surface area contributed by atoms with Crippen molar-refractivity contribution >= 4 is 5.91 Å². The lowest BCUT2D eigenvalue weighted by Gasteiger charge is -2.32. The van der Waals surface area contributed by atoms with Crippen LogP contribution in [0, 0.1) is 12.7 Å². The van der Waals surface area contributed by atoms with E-state index in [-0.39, 0.29) is 17.8 Å². The number of aryl methyl sites for hydroxylation is 1. The van der Waals surface area contributed by atoms with Gasteiger partial charge in [-0.1, -0.05) is 30.3 Å². The van der Waals surface area contributed by atoms with Crippen LogP contribution in [0.3, 0.4) is 0 Å². The van der Waals surface area contributed by atoms with Gasteiger partial charge < -0.3 is 9.64 Å². The monoisotopic (exact) mass is 391 g/mol. The van der Waals surface area contributed by atoms with Crippen molar-refractivity contribution in [3.8, 4) is 17.1 Å². The van der Waals surface area contributed by atoms with E-state index in [4.69, 9.17) is 4.74 Å². The first-order valence-corrected chi connectivity index (χ1v) is 9.71. The Labute approximate surface area is 169 Å². The van der Waals surface area contributed by atoms with E-state index in [1.54, 1.807) is 18.3 Å². The fraction of sp³-hybridized carbons (Fsp3) is 0.261. The summed E-state index contributed by atoms with van der Waals surface area (Å²) in [6.07, 6.45) is 3.09. The molecule has 0 spiro atoms. The Morgan fingerprint density at radius 3 is 2.41 bits per heavy atom. The molecule has 1 fully saturated rings. The third-order valence-corrected chi connectivity index (χ3v) is 5.09. The molecule has 6 heteroatoms. The lowest BCUT2D eigenvalue weighted by atomic mass is 10.1. The summed E-state index contributed by atoms with van der Waals surface area (Å²) in [5.74, 6) is 0.930. The number of rotatable bonds is 4. The van der Waals surface area contributed by atoms with Crippen molar-refractivity contribution < 1.29 is 13.9 Å². The van der Waals surface area contributed by atoms with Gasteiger partial charge in [0.2, 0.25) is 0 Å². The van der Waals surface area contributed by atoms with Crippen LogP contribution in [0.5, 0.6) is 5.75 Å². The fourth-order valence-electron chi connectivity index (χ4n) is 3.46. The van der Waals surface area contributed by atoms with Gasteiger partial charge in [-0.3, -0.25) is 4.79 Å². The molecule has 0 atom stereocenters. The molecule has 5 nitrogen and oxygen atoms in total. The Hall–Kier alpha value is -3.28. The summed E-state index contributed by atoms with van der Waals surface area (Å²) in [6.45, 7) is 3.04. The van der Waals surface area contributed by atoms with Crippen molar-refractivity contribution in [3.63, 3.8) is 0 Å². The maximum absolute atomic E-state index is 13.0. The number of carbonyl (C=O) groups excluding carboxylic acids is 1. The van der Waals surface area contributed by atoms with Crippen molar-refractivity contribution in [2.75, 3.05) is 13.1 Å². The SMILES string of the molecule is Cc1nc(-c2ccccc2)ncc1C(=O)N1CCC(Oc2ccc(F)cc2)CC1. The zero-order chi connectivity index (χ0) is 20.2. The highest BCUT2D eigenvalue weighted by atomic mass is 19.1. The maximum Gasteiger partial charge on any atom is 0.257 e. The highest BCUT2D eigenvalue weighted by molar-refractivity contribution is 5.95. The zero-order valence-corrected chi connectivity index (χ0v) is 16.2. The number of carbonyl (C=O) groups is 1. The normalized spacial score (nSPS) is 14.6. The molecule has 0 N–H and O–H groups in total. The predicted molar refractivity (Wildman–Crippen MR) is 108 cm³/mol. The third-order valence-electron chi connectivity index (χ3n) is 5.09. The van der Waals surface area contributed by atoms with Gasteiger partial charge in [0.1, 0.15) is 17.7 Å². The van der Waals surface area contributed by atoms with Gasteiger partial charge in [0.15, 0.2) is 5.82 Å². The van der Waals surface area contributed by atoms with Crippen LogP contribution in [-0.4, -0.2) is 40.0 Å². The van der Waals surface area contributed by atoms with E-state index in [1.165, 1.54) is 12.1 Å². The van der Waals surface area contributed by atoms with Gasteiger partial charge >= 0.3 is 0 Å². The van der Waals surface area contributed by atoms with Gasteiger partial charge in [-0.25, -0.2) is 14.4 Å². The van der Waals surface area contributed by atoms with Crippen LogP contribution in [0.4, 0.5) is 4.39 Å². The van der Waals surface area contributed by atoms with Crippen LogP contribution >= 0.6 is 0 Å². The number of hydrogen-bond donors (Lipinski definition) is 0. The molecule has 0 saturated carbocycles. The lowest BCUT2D eigenvalue weighted by Crippen LogP contribution is -2.42. The summed E-state index contributed by atoms with van der Waals surface area (Å²) < 4.78 is 18.9. The summed E-state index contributed by atoms with van der Waals surface area (Å²) in [4.78, 5) is 23.7. The molecule has 29 heavy (non-hydrogen) atoms. The highest BCUT2D eigenvalue weighted by Crippen LogP contribution is 2.22. The summed E-state index contributed by atoms with van der Waals surface area (Å²) in [6, 6.07) is 15.7. The molecule has 0 unspecified atom stereocenters. The molecule has 0 radical (unpaired) electrons. The Balaban J connectivity index is 1.38. The fourth-order valence-corrected chi connectivity index (χ4v) is 3.46. The molecule has 4 rings (SSSR count). The number of halogens is 1. The van der Waals surface area contributed by atoms with Crippen LogP contribution in [0.25, 0.3) is 11.4 Å². The summed E-state index contributed by atoms with van der Waals surface area (Å²) in [7, 11) is 0. The number of nitrogens with zero attached hydrogens (tertiary/aromatic N) is 3. The summed E-state index contributed by atoms with van der Waals surface area (Å²) in [5, 5.41) is 0. The van der Waals surface area contributed by atoms with E-state index < -0.39 is 0 Å². The Kier molecular flexibility index (Phi) is 5.51. The standard InChI is InChI=1S/C23H22FN3O2/c1-16-21(15-25-22(26-16)17-5-3-2-4-6-17)23(28)27-13-11-20(12-14-27)29-19-9-7-18(24)8-10-19/h2-10,15,20H,11-14H2,1H3. The first-order valence-electron chi connectivity index (χ1n) is 9.71. The van der Waals surface area contributed by atoms with Gasteiger partial charge in [-0.2, -0.15) is 0 Å². The molecule has 2 aromatic carbocycles. The molecule has 1 aromatic heterocycles. The van der Waals surface area contributed by atoms with Crippen LogP contribution in [-0.2, 0) is 0 Å². The minimum Gasteiger partial charge on any atom is -0.490 e. The number of amides is 1. The quantitative estimate of drug-likeness (QED) is 0.666. The molecule has 1 amide bonds. The van der Waals surface area contributed by atoms with Crippen molar-refractivity contribution in [1.82, 2.24) is 14.9 Å². The first kappa shape index (κ1) is 19.1. The van der Waals surface area contributed by atoms with Gasteiger partial charge in [0.25, 0.3) is 5.91 Å². The second-order valence-electron chi connectivity index (χ2n) is 7.12. The number of benzene rings is 2. The number of ether oxygens (including phenoxy) is 1. The molecule has 0 bridgehead atoms. The Bertz CT molecular complexity index is 985. The van der Waals surface area contributed by atoms with E-state index in [2.05, 4.69) is 9.97 Å². The van der Waals surface area contributed by atoms with Gasteiger partial charge in [-0.05, 0) is 31.2 Å². The van der Waals surface area contributed by atoms with E-state index in [1.807, 2.05) is 42.2 Å². The number of piperidine rings is 1. The van der Waals surface area contributed by atoms with E-state index in [0.29, 0.717) is 35.9 Å². The number of likely N-dealkylation sites (tertiary alicyclic amines) is 1. The largest absolute Gasteiger partial charge is 0.490 e. The van der Waals surface area contributed by atoms with Gasteiger partial charge in [-0.15, -0.1) is 0 Å². The van der Waals surface area contributed by atoms with Crippen molar-refractivity contribution in [1.29, 1.82) is 0 Å². The summed E-state index contributed by atoms with van der Waals surface area (Å²) in [5.41, 5.74) is 2.13. The minimum absolute atomic E-state index is 0.0160. The van der Waals surface area contributed by atoms with Crippen LogP contribution in [0.2, 0.25) is 0 Å². The maximum atomic E-state index is 13.0. The summed E-state index contributed by atoms with van der Waals surface area (Å²) >= 11 is 0. The zero-order valence-electron chi connectivity index (χ0n) is 16.2.